The van der Waals surface area contributed by atoms with E-state index in [4.69, 9.17) is 9.72 Å². The van der Waals surface area contributed by atoms with Crippen LogP contribution in [0.2, 0.25) is 0 Å². The molecule has 2 N–H and O–H groups in total. The molecule has 0 bridgehead atoms. The second-order valence-corrected chi connectivity index (χ2v) is 14.3. The summed E-state index contributed by atoms with van der Waals surface area (Å²) in [5.74, 6) is -2.76. The van der Waals surface area contributed by atoms with Crippen molar-refractivity contribution in [2.24, 2.45) is 11.8 Å². The molecule has 1 saturated carbocycles. The van der Waals surface area contributed by atoms with Crippen LogP contribution in [0.15, 0.2) is 18.5 Å². The van der Waals surface area contributed by atoms with Crippen molar-refractivity contribution in [2.75, 3.05) is 0 Å². The van der Waals surface area contributed by atoms with Gasteiger partial charge in [-0.2, -0.15) is 5.10 Å². The van der Waals surface area contributed by atoms with Gasteiger partial charge in [0, 0.05) is 24.2 Å². The van der Waals surface area contributed by atoms with Crippen molar-refractivity contribution in [3.63, 3.8) is 0 Å². The van der Waals surface area contributed by atoms with Gasteiger partial charge in [-0.05, 0) is 77.8 Å². The molecule has 2 aromatic heterocycles. The normalized spacial score (nSPS) is 19.6. The second-order valence-electron chi connectivity index (χ2n) is 12.3. The molecule has 2 unspecified atom stereocenters. The first-order valence-electron chi connectivity index (χ1n) is 12.9. The third kappa shape index (κ3) is 8.00. The second kappa shape index (κ2) is 11.0. The SMILES string of the molecule is CC(C)C(N[S+]([O-])C(C)(C)C)c1cnn2cc([C@@H](NC(=O)OC(C)(C)C)C3CCC(F)(F)CC3)nc2c1. The highest BCUT2D eigenvalue weighted by atomic mass is 32.2. The van der Waals surface area contributed by atoms with Gasteiger partial charge in [-0.3, -0.25) is 0 Å². The number of alkyl carbamates (subject to hydrolysis) is 1. The monoisotopic (exact) mass is 541 g/mol. The number of imidazole rings is 1. The Bertz CT molecular complexity index is 1070. The van der Waals surface area contributed by atoms with Crippen molar-refractivity contribution in [1.29, 1.82) is 0 Å². The maximum Gasteiger partial charge on any atom is 0.408 e. The predicted molar refractivity (Wildman–Crippen MR) is 141 cm³/mol. The number of alkyl halides is 2. The fraction of sp³-hybridized carbons (Fsp3) is 0.731. The van der Waals surface area contributed by atoms with Gasteiger partial charge in [0.05, 0.1) is 30.2 Å². The first-order valence-corrected chi connectivity index (χ1v) is 14.0. The van der Waals surface area contributed by atoms with Crippen LogP contribution in [-0.4, -0.2) is 41.5 Å². The smallest absolute Gasteiger partial charge is 0.408 e. The summed E-state index contributed by atoms with van der Waals surface area (Å²) in [5, 5.41) is 7.40. The third-order valence-corrected chi connectivity index (χ3v) is 7.98. The van der Waals surface area contributed by atoms with Crippen molar-refractivity contribution in [3.8, 4) is 0 Å². The lowest BCUT2D eigenvalue weighted by Gasteiger charge is -2.33. The first kappa shape index (κ1) is 29.6. The average molecular weight is 542 g/mol. The molecule has 208 valence electrons. The Morgan fingerprint density at radius 3 is 2.38 bits per heavy atom. The molecule has 3 atom stereocenters. The quantitative estimate of drug-likeness (QED) is 0.425. The Kier molecular flexibility index (Phi) is 8.81. The van der Waals surface area contributed by atoms with Crippen LogP contribution in [0.3, 0.4) is 0 Å². The molecule has 2 heterocycles. The molecule has 0 saturated heterocycles. The van der Waals surface area contributed by atoms with Gasteiger partial charge < -0.3 is 14.6 Å². The Labute approximate surface area is 221 Å². The molecule has 0 aliphatic heterocycles. The van der Waals surface area contributed by atoms with E-state index in [2.05, 4.69) is 15.1 Å². The molecule has 11 heteroatoms. The molecule has 0 spiro atoms. The van der Waals surface area contributed by atoms with E-state index in [1.807, 2.05) is 40.7 Å². The van der Waals surface area contributed by atoms with Crippen molar-refractivity contribution in [3.05, 3.63) is 29.7 Å². The first-order chi connectivity index (χ1) is 16.9. The van der Waals surface area contributed by atoms with Crippen LogP contribution in [-0.2, 0) is 16.1 Å². The number of nitrogens with one attached hydrogen (secondary N) is 2. The fourth-order valence-corrected chi connectivity index (χ4v) is 5.37. The summed E-state index contributed by atoms with van der Waals surface area (Å²) in [6.45, 7) is 15.1. The fourth-order valence-electron chi connectivity index (χ4n) is 4.37. The Morgan fingerprint density at radius 2 is 1.84 bits per heavy atom. The lowest BCUT2D eigenvalue weighted by Crippen LogP contribution is -2.42. The van der Waals surface area contributed by atoms with Gasteiger partial charge in [0.1, 0.15) is 10.3 Å². The lowest BCUT2D eigenvalue weighted by atomic mass is 9.81. The Balaban J connectivity index is 1.92. The molecule has 1 fully saturated rings. The molecule has 0 aromatic carbocycles. The van der Waals surface area contributed by atoms with E-state index in [1.165, 1.54) is 0 Å². The van der Waals surface area contributed by atoms with E-state index in [0.29, 0.717) is 11.3 Å². The molecule has 1 aliphatic carbocycles. The maximum absolute atomic E-state index is 13.9. The summed E-state index contributed by atoms with van der Waals surface area (Å²) in [5.41, 5.74) is 1.23. The number of carbonyl (C=O) groups is 1. The molecule has 2 aromatic rings. The van der Waals surface area contributed by atoms with Crippen molar-refractivity contribution < 1.29 is 22.9 Å². The summed E-state index contributed by atoms with van der Waals surface area (Å²) in [6, 6.07) is 1.07. The van der Waals surface area contributed by atoms with Gasteiger partial charge in [-0.15, -0.1) is 4.72 Å². The number of amides is 1. The number of rotatable bonds is 7. The van der Waals surface area contributed by atoms with E-state index in [9.17, 15) is 18.1 Å². The van der Waals surface area contributed by atoms with Gasteiger partial charge in [0.2, 0.25) is 5.92 Å². The van der Waals surface area contributed by atoms with E-state index >= 15 is 0 Å². The van der Waals surface area contributed by atoms with Crippen LogP contribution >= 0.6 is 0 Å². The molecule has 37 heavy (non-hydrogen) atoms. The predicted octanol–water partition coefficient (Wildman–Crippen LogP) is 5.87. The van der Waals surface area contributed by atoms with E-state index < -0.39 is 39.8 Å². The highest BCUT2D eigenvalue weighted by Gasteiger charge is 2.40. The molecule has 1 aliphatic rings. The topological polar surface area (TPSA) is 104 Å². The molecule has 3 rings (SSSR count). The number of nitrogens with zero attached hydrogens (tertiary/aromatic N) is 3. The van der Waals surface area contributed by atoms with Crippen molar-refractivity contribution >= 4 is 23.1 Å². The summed E-state index contributed by atoms with van der Waals surface area (Å²) in [6.07, 6.45) is 2.89. The number of ether oxygens (including phenoxy) is 1. The molecule has 0 radical (unpaired) electrons. The lowest BCUT2D eigenvalue weighted by molar-refractivity contribution is -0.0500. The molecular weight excluding hydrogens is 500 g/mol. The third-order valence-electron chi connectivity index (χ3n) is 6.40. The number of hydrogen-bond acceptors (Lipinski definition) is 6. The van der Waals surface area contributed by atoms with Crippen LogP contribution < -0.4 is 10.0 Å². The van der Waals surface area contributed by atoms with E-state index in [-0.39, 0.29) is 43.6 Å². The zero-order valence-corrected chi connectivity index (χ0v) is 23.9. The average Bonchev–Trinajstić information content (AvgIpc) is 3.16. The summed E-state index contributed by atoms with van der Waals surface area (Å²) in [7, 11) is 0. The Hall–Kier alpha value is -1.98. The summed E-state index contributed by atoms with van der Waals surface area (Å²) in [4.78, 5) is 17.4. The summed E-state index contributed by atoms with van der Waals surface area (Å²) < 4.78 is 50.4. The van der Waals surface area contributed by atoms with Crippen LogP contribution in [0.5, 0.6) is 0 Å². The molecule has 8 nitrogen and oxygen atoms in total. The van der Waals surface area contributed by atoms with Gasteiger partial charge in [-0.1, -0.05) is 13.8 Å². The van der Waals surface area contributed by atoms with Crippen LogP contribution in [0, 0.1) is 11.8 Å². The minimum Gasteiger partial charge on any atom is -0.598 e. The number of halogens is 2. The highest BCUT2D eigenvalue weighted by molar-refractivity contribution is 7.90. The van der Waals surface area contributed by atoms with E-state index in [1.54, 1.807) is 37.7 Å². The molecule has 1 amide bonds. The van der Waals surface area contributed by atoms with Gasteiger partial charge in [-0.25, -0.2) is 23.1 Å². The zero-order chi connectivity index (χ0) is 27.8. The number of fused-ring (bicyclic) bond motifs is 1. The Morgan fingerprint density at radius 1 is 1.22 bits per heavy atom. The number of aromatic nitrogens is 3. The molecular formula is C26H41F2N5O3S. The number of carbonyl (C=O) groups excluding carboxylic acids is 1. The van der Waals surface area contributed by atoms with E-state index in [0.717, 1.165) is 5.56 Å². The zero-order valence-electron chi connectivity index (χ0n) is 23.1. The van der Waals surface area contributed by atoms with Gasteiger partial charge in [0.15, 0.2) is 5.65 Å². The minimum atomic E-state index is -2.69. The van der Waals surface area contributed by atoms with Crippen molar-refractivity contribution in [1.82, 2.24) is 24.6 Å². The van der Waals surface area contributed by atoms with Crippen LogP contribution in [0.1, 0.15) is 104 Å². The van der Waals surface area contributed by atoms with Crippen LogP contribution in [0.4, 0.5) is 13.6 Å². The maximum atomic E-state index is 13.9. The minimum absolute atomic E-state index is 0.135. The van der Waals surface area contributed by atoms with Gasteiger partial charge >= 0.3 is 6.09 Å². The highest BCUT2D eigenvalue weighted by Crippen LogP contribution is 2.41. The standard InChI is InChI=1S/C26H41F2N5O3S/c1-16(2)21(32-37(35)25(6,7)8)18-13-20-30-19(15-33(20)29-14-18)22(31-23(34)36-24(3,4)5)17-9-11-26(27,28)12-10-17/h13-17,21-22,32H,9-12H2,1-8H3,(H,31,34)/t21?,22-,37?/m0/s1. The largest absolute Gasteiger partial charge is 0.598 e. The number of hydrogen-bond donors (Lipinski definition) is 2. The van der Waals surface area contributed by atoms with Gasteiger partial charge in [0.25, 0.3) is 0 Å². The summed E-state index contributed by atoms with van der Waals surface area (Å²) >= 11 is -1.28. The van der Waals surface area contributed by atoms with Crippen molar-refractivity contribution in [2.45, 2.75) is 109 Å². The van der Waals surface area contributed by atoms with Crippen LogP contribution in [0.25, 0.3) is 5.65 Å².